The molecule has 1 rings (SSSR count). The van der Waals surface area contributed by atoms with E-state index in [9.17, 15) is 14.4 Å². The molecule has 0 bridgehead atoms. The van der Waals surface area contributed by atoms with Gasteiger partial charge in [0.1, 0.15) is 6.04 Å². The number of carbonyl (C=O) groups excluding carboxylic acids is 2. The van der Waals surface area contributed by atoms with E-state index in [1.165, 1.54) is 4.90 Å². The Morgan fingerprint density at radius 1 is 1.33 bits per heavy atom. The predicted octanol–water partition coefficient (Wildman–Crippen LogP) is 1.11. The summed E-state index contributed by atoms with van der Waals surface area (Å²) in [5.41, 5.74) is 0. The van der Waals surface area contributed by atoms with Crippen LogP contribution >= 0.6 is 11.8 Å². The number of amides is 2. The van der Waals surface area contributed by atoms with Crippen molar-refractivity contribution in [1.82, 2.24) is 9.80 Å². The molecule has 0 aromatic heterocycles. The molecular formula is C14H24N2O4S. The molecule has 0 aliphatic carbocycles. The van der Waals surface area contributed by atoms with Crippen LogP contribution in [0.2, 0.25) is 0 Å². The zero-order valence-electron chi connectivity index (χ0n) is 13.0. The summed E-state index contributed by atoms with van der Waals surface area (Å²) in [6.45, 7) is 5.53. The lowest BCUT2D eigenvalue weighted by Crippen LogP contribution is -2.50. The number of carboxylic acid groups (broad SMARTS) is 1. The van der Waals surface area contributed by atoms with E-state index in [4.69, 9.17) is 5.11 Å². The molecule has 3 atom stereocenters. The monoisotopic (exact) mass is 316 g/mol. The lowest BCUT2D eigenvalue weighted by molar-refractivity contribution is -0.147. The van der Waals surface area contributed by atoms with E-state index in [0.717, 1.165) is 6.42 Å². The fourth-order valence-electron chi connectivity index (χ4n) is 2.16. The predicted molar refractivity (Wildman–Crippen MR) is 81.9 cm³/mol. The molecular weight excluding hydrogens is 292 g/mol. The third-order valence-electron chi connectivity index (χ3n) is 3.83. The fourth-order valence-corrected chi connectivity index (χ4v) is 3.31. The van der Waals surface area contributed by atoms with Crippen LogP contribution < -0.4 is 0 Å². The van der Waals surface area contributed by atoms with Crippen LogP contribution in [0.15, 0.2) is 0 Å². The highest BCUT2D eigenvalue weighted by atomic mass is 32.2. The standard InChI is InChI=1S/C14H24N2O4S/c1-5-9(2)12(17)16-8-21-7-11(16)13(18)15(4)6-10(3)14(19)20/h9-11H,5-8H2,1-4H3,(H,19,20). The van der Waals surface area contributed by atoms with Gasteiger partial charge in [0.05, 0.1) is 11.8 Å². The third kappa shape index (κ3) is 4.36. The third-order valence-corrected chi connectivity index (χ3v) is 4.84. The molecule has 2 amide bonds. The van der Waals surface area contributed by atoms with E-state index < -0.39 is 17.9 Å². The Kier molecular flexibility index (Phi) is 6.51. The molecule has 1 N–H and O–H groups in total. The Morgan fingerprint density at radius 2 is 1.95 bits per heavy atom. The molecule has 1 heterocycles. The van der Waals surface area contributed by atoms with Gasteiger partial charge < -0.3 is 14.9 Å². The fraction of sp³-hybridized carbons (Fsp3) is 0.786. The summed E-state index contributed by atoms with van der Waals surface area (Å²) in [7, 11) is 1.59. The Hall–Kier alpha value is -1.24. The molecule has 1 saturated heterocycles. The molecule has 0 spiro atoms. The minimum Gasteiger partial charge on any atom is -0.481 e. The SMILES string of the molecule is CCC(C)C(=O)N1CSCC1C(=O)N(C)CC(C)C(=O)O. The average molecular weight is 316 g/mol. The topological polar surface area (TPSA) is 77.9 Å². The summed E-state index contributed by atoms with van der Waals surface area (Å²) in [6, 6.07) is -0.470. The molecule has 0 aromatic carbocycles. The number of aliphatic carboxylic acids is 1. The first-order chi connectivity index (χ1) is 9.79. The van der Waals surface area contributed by atoms with Gasteiger partial charge in [-0.1, -0.05) is 20.8 Å². The number of thioether (sulfide) groups is 1. The highest BCUT2D eigenvalue weighted by molar-refractivity contribution is 7.99. The van der Waals surface area contributed by atoms with Crippen LogP contribution in [0.4, 0.5) is 0 Å². The first kappa shape index (κ1) is 17.8. The van der Waals surface area contributed by atoms with Crippen LogP contribution in [0, 0.1) is 11.8 Å². The first-order valence-corrected chi connectivity index (χ1v) is 8.31. The number of likely N-dealkylation sites (N-methyl/N-ethyl adjacent to an activating group) is 1. The molecule has 3 unspecified atom stereocenters. The van der Waals surface area contributed by atoms with Gasteiger partial charge in [-0.05, 0) is 6.42 Å². The van der Waals surface area contributed by atoms with Gasteiger partial charge in [0.25, 0.3) is 0 Å². The number of carboxylic acids is 1. The maximum atomic E-state index is 12.5. The highest BCUT2D eigenvalue weighted by Gasteiger charge is 2.37. The van der Waals surface area contributed by atoms with E-state index in [1.54, 1.807) is 30.6 Å². The molecule has 7 heteroatoms. The largest absolute Gasteiger partial charge is 0.481 e. The van der Waals surface area contributed by atoms with Crippen LogP contribution in [0.5, 0.6) is 0 Å². The van der Waals surface area contributed by atoms with Crippen LogP contribution in [0.3, 0.4) is 0 Å². The molecule has 21 heavy (non-hydrogen) atoms. The van der Waals surface area contributed by atoms with E-state index >= 15 is 0 Å². The molecule has 1 fully saturated rings. The van der Waals surface area contributed by atoms with Crippen molar-refractivity contribution in [3.63, 3.8) is 0 Å². The van der Waals surface area contributed by atoms with Crippen molar-refractivity contribution in [2.45, 2.75) is 33.2 Å². The number of hydrogen-bond donors (Lipinski definition) is 1. The van der Waals surface area contributed by atoms with Gasteiger partial charge in [0.15, 0.2) is 0 Å². The van der Waals surface area contributed by atoms with Crippen LogP contribution in [0.1, 0.15) is 27.2 Å². The van der Waals surface area contributed by atoms with E-state index in [-0.39, 0.29) is 24.3 Å². The van der Waals surface area contributed by atoms with Crippen molar-refractivity contribution in [1.29, 1.82) is 0 Å². The molecule has 0 saturated carbocycles. The second-order valence-corrected chi connectivity index (χ2v) is 6.59. The minimum atomic E-state index is -0.928. The number of nitrogens with zero attached hydrogens (tertiary/aromatic N) is 2. The van der Waals surface area contributed by atoms with Gasteiger partial charge in [-0.2, -0.15) is 0 Å². The number of hydrogen-bond acceptors (Lipinski definition) is 4. The van der Waals surface area contributed by atoms with Gasteiger partial charge in [0, 0.05) is 25.3 Å². The molecule has 6 nitrogen and oxygen atoms in total. The Bertz CT molecular complexity index is 416. The summed E-state index contributed by atoms with van der Waals surface area (Å²) in [4.78, 5) is 38.7. The van der Waals surface area contributed by atoms with Crippen molar-refractivity contribution in [2.24, 2.45) is 11.8 Å². The Balaban J connectivity index is 2.71. The smallest absolute Gasteiger partial charge is 0.308 e. The minimum absolute atomic E-state index is 0.000494. The Labute approximate surface area is 129 Å². The van der Waals surface area contributed by atoms with Gasteiger partial charge in [0.2, 0.25) is 11.8 Å². The summed E-state index contributed by atoms with van der Waals surface area (Å²) in [5, 5.41) is 8.92. The van der Waals surface area contributed by atoms with Crippen LogP contribution in [-0.2, 0) is 14.4 Å². The zero-order chi connectivity index (χ0) is 16.2. The van der Waals surface area contributed by atoms with Gasteiger partial charge in [-0.3, -0.25) is 14.4 Å². The quantitative estimate of drug-likeness (QED) is 0.794. The lowest BCUT2D eigenvalue weighted by atomic mass is 10.1. The summed E-state index contributed by atoms with van der Waals surface area (Å²) < 4.78 is 0. The van der Waals surface area contributed by atoms with Crippen molar-refractivity contribution in [2.75, 3.05) is 25.2 Å². The van der Waals surface area contributed by atoms with Crippen molar-refractivity contribution in [3.05, 3.63) is 0 Å². The summed E-state index contributed by atoms with van der Waals surface area (Å²) >= 11 is 1.56. The molecule has 120 valence electrons. The average Bonchev–Trinajstić information content (AvgIpc) is 2.93. The molecule has 1 aliphatic rings. The molecule has 1 aliphatic heterocycles. The lowest BCUT2D eigenvalue weighted by Gasteiger charge is -2.29. The highest BCUT2D eigenvalue weighted by Crippen LogP contribution is 2.25. The molecule has 0 radical (unpaired) electrons. The second kappa shape index (κ2) is 7.68. The first-order valence-electron chi connectivity index (χ1n) is 7.15. The van der Waals surface area contributed by atoms with Crippen molar-refractivity contribution >= 4 is 29.5 Å². The van der Waals surface area contributed by atoms with Gasteiger partial charge >= 0.3 is 5.97 Å². The maximum absolute atomic E-state index is 12.5. The van der Waals surface area contributed by atoms with Crippen molar-refractivity contribution < 1.29 is 19.5 Å². The zero-order valence-corrected chi connectivity index (χ0v) is 13.9. The van der Waals surface area contributed by atoms with Crippen LogP contribution in [0.25, 0.3) is 0 Å². The van der Waals surface area contributed by atoms with E-state index in [0.29, 0.717) is 11.6 Å². The number of rotatable bonds is 6. The molecule has 0 aromatic rings. The van der Waals surface area contributed by atoms with Crippen molar-refractivity contribution in [3.8, 4) is 0 Å². The Morgan fingerprint density at radius 3 is 2.48 bits per heavy atom. The second-order valence-electron chi connectivity index (χ2n) is 5.59. The van der Waals surface area contributed by atoms with Crippen LogP contribution in [-0.4, -0.2) is 64.0 Å². The van der Waals surface area contributed by atoms with E-state index in [1.807, 2.05) is 13.8 Å². The van der Waals surface area contributed by atoms with Gasteiger partial charge in [-0.25, -0.2) is 0 Å². The normalized spacial score (nSPS) is 21.0. The summed E-state index contributed by atoms with van der Waals surface area (Å²) in [6.07, 6.45) is 0.743. The number of carbonyl (C=O) groups is 3. The maximum Gasteiger partial charge on any atom is 0.308 e. The summed E-state index contributed by atoms with van der Waals surface area (Å²) in [5.74, 6) is -0.712. The van der Waals surface area contributed by atoms with Gasteiger partial charge in [-0.15, -0.1) is 11.8 Å². The van der Waals surface area contributed by atoms with E-state index in [2.05, 4.69) is 0 Å².